The van der Waals surface area contributed by atoms with Crippen molar-refractivity contribution in [2.75, 3.05) is 0 Å². The summed E-state index contributed by atoms with van der Waals surface area (Å²) in [6.45, 7) is 0. The molecular weight excluding hydrogens is 476 g/mol. The first-order valence-electron chi connectivity index (χ1n) is 8.65. The predicted octanol–water partition coefficient (Wildman–Crippen LogP) is 5.27. The average Bonchev–Trinajstić information content (AvgIpc) is 2.69. The minimum absolute atomic E-state index is 0.295. The lowest BCUT2D eigenvalue weighted by molar-refractivity contribution is 0.0972. The van der Waals surface area contributed by atoms with Crippen molar-refractivity contribution in [1.29, 1.82) is 0 Å². The fourth-order valence-electron chi connectivity index (χ4n) is 3.35. The number of nitrogens with two attached hydrogens (primary N) is 1. The molecule has 0 unspecified atom stereocenters. The molecule has 0 bridgehead atoms. The number of ketones is 1. The van der Waals surface area contributed by atoms with Crippen LogP contribution in [0.1, 0.15) is 52.7 Å². The summed E-state index contributed by atoms with van der Waals surface area (Å²) >= 11 is 6.83. The Bertz CT molecular complexity index is 838. The molecule has 7 heteroatoms. The van der Waals surface area contributed by atoms with E-state index in [4.69, 9.17) is 10.4 Å². The largest absolute Gasteiger partial charge is 0.411 e. The summed E-state index contributed by atoms with van der Waals surface area (Å²) in [5.41, 5.74) is 5.30. The topological polar surface area (TPSA) is 95.9 Å². The third-order valence-corrected chi connectivity index (χ3v) is 5.56. The van der Waals surface area contributed by atoms with Crippen LogP contribution in [0.4, 0.5) is 0 Å². The molecule has 4 rings (SSSR count). The Morgan fingerprint density at radius 1 is 0.815 bits per heavy atom. The molecule has 0 spiro atoms. The number of halogens is 2. The van der Waals surface area contributed by atoms with Gasteiger partial charge < -0.3 is 10.4 Å². The molecule has 2 aliphatic rings. The van der Waals surface area contributed by atoms with E-state index in [0.29, 0.717) is 12.2 Å². The number of nitrogens with zero attached hydrogens (tertiary/aromatic N) is 1. The highest BCUT2D eigenvalue weighted by atomic mass is 79.9. The van der Waals surface area contributed by atoms with Crippen LogP contribution < -0.4 is 5.90 Å². The van der Waals surface area contributed by atoms with E-state index in [2.05, 4.69) is 49.0 Å². The maximum Gasteiger partial charge on any atom is 0.163 e. The molecule has 4 N–H and O–H groups in total. The lowest BCUT2D eigenvalue weighted by Crippen LogP contribution is -2.11. The maximum absolute atomic E-state index is 11.4. The van der Waals surface area contributed by atoms with E-state index in [0.717, 1.165) is 57.9 Å². The number of Topliss-reactive ketones (excluding diaryl/α,β-unsaturated/α-hetero) is 1. The zero-order chi connectivity index (χ0) is 19.8. The predicted molar refractivity (Wildman–Crippen MR) is 113 cm³/mol. The molecule has 0 amide bonds. The lowest BCUT2D eigenvalue weighted by Gasteiger charge is -2.16. The van der Waals surface area contributed by atoms with E-state index < -0.39 is 0 Å². The third-order valence-electron chi connectivity index (χ3n) is 4.58. The number of oxime groups is 1. The van der Waals surface area contributed by atoms with Crippen LogP contribution in [-0.4, -0.2) is 21.9 Å². The maximum atomic E-state index is 11.4. The van der Waals surface area contributed by atoms with Crippen molar-refractivity contribution in [1.82, 2.24) is 0 Å². The Labute approximate surface area is 175 Å². The molecule has 0 aromatic heterocycles. The molecule has 0 aliphatic heterocycles. The zero-order valence-electron chi connectivity index (χ0n) is 14.8. The molecule has 5 nitrogen and oxygen atoms in total. The van der Waals surface area contributed by atoms with Gasteiger partial charge in [-0.15, -0.1) is 0 Å². The number of fused-ring (bicyclic) bond motifs is 2. The van der Waals surface area contributed by atoms with Crippen LogP contribution >= 0.6 is 31.9 Å². The Morgan fingerprint density at radius 3 is 1.93 bits per heavy atom. The normalized spacial score (nSPS) is 16.3. The lowest BCUT2D eigenvalue weighted by atomic mass is 9.90. The molecule has 0 saturated heterocycles. The van der Waals surface area contributed by atoms with Gasteiger partial charge in [0.05, 0.1) is 5.71 Å². The Balaban J connectivity index is 0.000000178. The highest BCUT2D eigenvalue weighted by Crippen LogP contribution is 2.25. The molecule has 0 heterocycles. The van der Waals surface area contributed by atoms with E-state index in [-0.39, 0.29) is 0 Å². The molecule has 27 heavy (non-hydrogen) atoms. The van der Waals surface area contributed by atoms with Gasteiger partial charge in [-0.25, -0.2) is 5.90 Å². The third kappa shape index (κ3) is 5.72. The molecular formula is C20H22Br2N2O3. The smallest absolute Gasteiger partial charge is 0.163 e. The van der Waals surface area contributed by atoms with Crippen LogP contribution in [0.15, 0.2) is 50.5 Å². The molecule has 0 fully saturated rings. The van der Waals surface area contributed by atoms with Crippen LogP contribution in [0.25, 0.3) is 0 Å². The SMILES string of the molecule is NO.O/N=C1\CCCc2cc(Br)ccc21.O=C1CCCc2cc(Br)ccc21. The van der Waals surface area contributed by atoms with Gasteiger partial charge in [-0.1, -0.05) is 49.1 Å². The van der Waals surface area contributed by atoms with Gasteiger partial charge in [0.15, 0.2) is 5.78 Å². The van der Waals surface area contributed by atoms with Gasteiger partial charge in [0.2, 0.25) is 0 Å². The quantitative estimate of drug-likeness (QED) is 0.341. The minimum Gasteiger partial charge on any atom is -0.411 e. The molecule has 2 aromatic carbocycles. The summed E-state index contributed by atoms with van der Waals surface area (Å²) < 4.78 is 2.15. The number of rotatable bonds is 0. The van der Waals surface area contributed by atoms with Crippen molar-refractivity contribution >= 4 is 43.4 Å². The highest BCUT2D eigenvalue weighted by molar-refractivity contribution is 9.10. The van der Waals surface area contributed by atoms with Crippen molar-refractivity contribution in [2.24, 2.45) is 11.1 Å². The monoisotopic (exact) mass is 496 g/mol. The number of hydrogen-bond donors (Lipinski definition) is 3. The Morgan fingerprint density at radius 2 is 1.33 bits per heavy atom. The van der Waals surface area contributed by atoms with Gasteiger partial charge in [-0.2, -0.15) is 0 Å². The molecule has 2 aliphatic carbocycles. The zero-order valence-corrected chi connectivity index (χ0v) is 18.0. The average molecular weight is 498 g/mol. The summed E-state index contributed by atoms with van der Waals surface area (Å²) in [7, 11) is 0. The molecule has 2 aromatic rings. The first-order valence-corrected chi connectivity index (χ1v) is 10.2. The van der Waals surface area contributed by atoms with Crippen LogP contribution in [0.2, 0.25) is 0 Å². The van der Waals surface area contributed by atoms with E-state index in [9.17, 15) is 4.79 Å². The van der Waals surface area contributed by atoms with Crippen molar-refractivity contribution in [2.45, 2.75) is 38.5 Å². The van der Waals surface area contributed by atoms with E-state index in [1.54, 1.807) is 0 Å². The van der Waals surface area contributed by atoms with Crippen molar-refractivity contribution < 1.29 is 15.2 Å². The van der Waals surface area contributed by atoms with Gasteiger partial charge in [-0.3, -0.25) is 4.79 Å². The molecule has 144 valence electrons. The van der Waals surface area contributed by atoms with Crippen molar-refractivity contribution in [3.05, 3.63) is 67.6 Å². The number of carbonyl (C=O) groups is 1. The summed E-state index contributed by atoms with van der Waals surface area (Å²) in [6.07, 6.45) is 5.79. The van der Waals surface area contributed by atoms with Crippen molar-refractivity contribution in [3.8, 4) is 0 Å². The van der Waals surface area contributed by atoms with E-state index >= 15 is 0 Å². The summed E-state index contributed by atoms with van der Waals surface area (Å²) in [5.74, 6) is 3.80. The summed E-state index contributed by atoms with van der Waals surface area (Å²) in [4.78, 5) is 11.4. The van der Waals surface area contributed by atoms with Crippen LogP contribution in [0.5, 0.6) is 0 Å². The van der Waals surface area contributed by atoms with Crippen LogP contribution in [0.3, 0.4) is 0 Å². The second kappa shape index (κ2) is 10.7. The van der Waals surface area contributed by atoms with Gasteiger partial charge in [0.25, 0.3) is 0 Å². The van der Waals surface area contributed by atoms with Crippen LogP contribution in [-0.2, 0) is 12.8 Å². The van der Waals surface area contributed by atoms with E-state index in [1.165, 1.54) is 11.1 Å². The first kappa shape index (κ1) is 21.8. The minimum atomic E-state index is 0.295. The fourth-order valence-corrected chi connectivity index (χ4v) is 4.17. The van der Waals surface area contributed by atoms with Crippen LogP contribution in [0, 0.1) is 0 Å². The molecule has 0 atom stereocenters. The first-order chi connectivity index (χ1) is 13.1. The number of carbonyl (C=O) groups excluding carboxylic acids is 1. The number of aryl methyl sites for hydroxylation is 2. The van der Waals surface area contributed by atoms with E-state index in [1.807, 2.05) is 30.3 Å². The number of hydrogen-bond acceptors (Lipinski definition) is 5. The highest BCUT2D eigenvalue weighted by Gasteiger charge is 2.16. The van der Waals surface area contributed by atoms with Crippen molar-refractivity contribution in [3.63, 3.8) is 0 Å². The van der Waals surface area contributed by atoms with Gasteiger partial charge >= 0.3 is 0 Å². The molecule has 0 saturated carbocycles. The van der Waals surface area contributed by atoms with Gasteiger partial charge in [0, 0.05) is 26.5 Å². The fraction of sp³-hybridized carbons (Fsp3) is 0.300. The second-order valence-electron chi connectivity index (χ2n) is 6.28. The molecule has 0 radical (unpaired) electrons. The Kier molecular flexibility index (Phi) is 8.63. The summed E-state index contributed by atoms with van der Waals surface area (Å²) in [5, 5.41) is 18.6. The second-order valence-corrected chi connectivity index (χ2v) is 8.11. The number of benzene rings is 2. The Hall–Kier alpha value is -1.54. The van der Waals surface area contributed by atoms with Gasteiger partial charge in [-0.05, 0) is 67.5 Å². The van der Waals surface area contributed by atoms with Gasteiger partial charge in [0.1, 0.15) is 0 Å². The standard InChI is InChI=1S/C10H10BrNO.C10H9BrO.H3NO/c11-8-4-5-9-7(6-8)2-1-3-10(9)12-13;11-8-4-5-9-7(6-8)2-1-3-10(9)12;1-2/h4-6,13H,1-3H2;4-6H,1-3H2;2H,1H2/b12-10+;;. The summed E-state index contributed by atoms with van der Waals surface area (Å²) in [6, 6.07) is 12.0.